The largest absolute Gasteiger partial charge is 0.433 e. The zero-order valence-electron chi connectivity index (χ0n) is 15.3. The predicted octanol–water partition coefficient (Wildman–Crippen LogP) is 2.92. The molecule has 0 aliphatic carbocycles. The molecule has 2 N–H and O–H groups in total. The molecule has 1 unspecified atom stereocenters. The van der Waals surface area contributed by atoms with Gasteiger partial charge in [0.1, 0.15) is 23.5 Å². The Morgan fingerprint density at radius 2 is 1.90 bits per heavy atom. The van der Waals surface area contributed by atoms with Crippen molar-refractivity contribution in [3.63, 3.8) is 0 Å². The van der Waals surface area contributed by atoms with E-state index in [9.17, 15) is 22.4 Å². The molecule has 0 saturated heterocycles. The molecule has 7 nitrogen and oxygen atoms in total. The first kappa shape index (κ1) is 19.6. The number of likely N-dealkylation sites (N-methyl/N-ethyl adjacent to an activating group) is 1. The molecule has 0 saturated carbocycles. The minimum absolute atomic E-state index is 0.0166. The van der Waals surface area contributed by atoms with Crippen LogP contribution in [0.3, 0.4) is 0 Å². The van der Waals surface area contributed by atoms with E-state index in [2.05, 4.69) is 15.1 Å². The van der Waals surface area contributed by atoms with Gasteiger partial charge in [-0.15, -0.1) is 0 Å². The van der Waals surface area contributed by atoms with Gasteiger partial charge in [-0.3, -0.25) is 14.7 Å². The number of hydrogen-bond acceptors (Lipinski definition) is 6. The number of nitrogens with zero attached hydrogens (tertiary/aromatic N) is 4. The third kappa shape index (κ3) is 2.98. The molecule has 3 aromatic rings. The molecule has 2 aromatic heterocycles. The van der Waals surface area contributed by atoms with E-state index < -0.39 is 29.1 Å². The topological polar surface area (TPSA) is 97.6 Å². The summed E-state index contributed by atoms with van der Waals surface area (Å²) < 4.78 is 59.0. The van der Waals surface area contributed by atoms with E-state index in [1.54, 1.807) is 0 Å². The fraction of sp³-hybridized carbons (Fsp3) is 0.158. The Morgan fingerprint density at radius 1 is 1.13 bits per heavy atom. The first-order valence-electron chi connectivity index (χ1n) is 8.52. The van der Waals surface area contributed by atoms with Gasteiger partial charge in [-0.2, -0.15) is 13.2 Å². The van der Waals surface area contributed by atoms with Crippen LogP contribution in [0.25, 0.3) is 11.3 Å². The normalized spacial score (nSPS) is 19.3. The molecule has 3 heterocycles. The van der Waals surface area contributed by atoms with Crippen LogP contribution in [-0.2, 0) is 16.5 Å². The standard InChI is InChI=1S/C19H13F4N5O2/c1-28-16(29)18(26-17(28)24,11-2-4-25-15(9-11)19(21,22)23)12-6-10(7-13(20)8-12)14-3-5-30-27-14/h2-9H,1H3,(H2,24,26). The lowest BCUT2D eigenvalue weighted by Gasteiger charge is -2.27. The van der Waals surface area contributed by atoms with Crippen LogP contribution in [0.4, 0.5) is 17.6 Å². The van der Waals surface area contributed by atoms with E-state index in [-0.39, 0.29) is 28.3 Å². The minimum atomic E-state index is -4.76. The van der Waals surface area contributed by atoms with E-state index in [1.807, 2.05) is 0 Å². The van der Waals surface area contributed by atoms with E-state index in [4.69, 9.17) is 10.3 Å². The molecule has 1 aliphatic rings. The lowest BCUT2D eigenvalue weighted by atomic mass is 9.82. The highest BCUT2D eigenvalue weighted by atomic mass is 19.4. The number of benzene rings is 1. The first-order chi connectivity index (χ1) is 14.1. The van der Waals surface area contributed by atoms with Gasteiger partial charge in [0.15, 0.2) is 11.5 Å². The second-order valence-corrected chi connectivity index (χ2v) is 6.59. The summed E-state index contributed by atoms with van der Waals surface area (Å²) in [6.45, 7) is 0. The van der Waals surface area contributed by atoms with Crippen LogP contribution in [0.1, 0.15) is 16.8 Å². The van der Waals surface area contributed by atoms with Gasteiger partial charge in [-0.1, -0.05) is 5.16 Å². The van der Waals surface area contributed by atoms with Gasteiger partial charge in [-0.05, 0) is 41.5 Å². The highest BCUT2D eigenvalue weighted by Gasteiger charge is 2.50. The van der Waals surface area contributed by atoms with Crippen LogP contribution in [0.5, 0.6) is 0 Å². The second-order valence-electron chi connectivity index (χ2n) is 6.59. The summed E-state index contributed by atoms with van der Waals surface area (Å²) in [4.78, 5) is 21.7. The van der Waals surface area contributed by atoms with E-state index in [1.165, 1.54) is 31.5 Å². The van der Waals surface area contributed by atoms with Gasteiger partial charge in [0.2, 0.25) is 0 Å². The zero-order chi connectivity index (χ0) is 21.7. The molecule has 0 radical (unpaired) electrons. The molecule has 154 valence electrons. The minimum Gasteiger partial charge on any atom is -0.369 e. The Labute approximate surface area is 166 Å². The number of hydrogen-bond donors (Lipinski definition) is 1. The van der Waals surface area contributed by atoms with E-state index >= 15 is 0 Å². The molecule has 1 amide bonds. The van der Waals surface area contributed by atoms with Gasteiger partial charge in [-0.25, -0.2) is 9.38 Å². The average Bonchev–Trinajstić information content (AvgIpc) is 3.31. The lowest BCUT2D eigenvalue weighted by Crippen LogP contribution is -2.41. The van der Waals surface area contributed by atoms with Crippen LogP contribution in [0.2, 0.25) is 0 Å². The Morgan fingerprint density at radius 3 is 2.50 bits per heavy atom. The van der Waals surface area contributed by atoms with Gasteiger partial charge in [0, 0.05) is 24.9 Å². The Balaban J connectivity index is 2.00. The summed E-state index contributed by atoms with van der Waals surface area (Å²) in [6.07, 6.45) is -2.57. The third-order valence-electron chi connectivity index (χ3n) is 4.76. The maximum Gasteiger partial charge on any atom is 0.433 e. The third-order valence-corrected chi connectivity index (χ3v) is 4.76. The number of alkyl halides is 3. The molecule has 0 bridgehead atoms. The van der Waals surface area contributed by atoms with Crippen LogP contribution in [0, 0.1) is 5.82 Å². The van der Waals surface area contributed by atoms with Gasteiger partial charge >= 0.3 is 6.18 Å². The Bertz CT molecular complexity index is 1160. The number of guanidine groups is 1. The van der Waals surface area contributed by atoms with E-state index in [0.29, 0.717) is 6.07 Å². The number of amides is 1. The Kier molecular flexibility index (Phi) is 4.33. The maximum absolute atomic E-state index is 14.5. The quantitative estimate of drug-likeness (QED) is 0.659. The van der Waals surface area contributed by atoms with Crippen molar-refractivity contribution in [2.75, 3.05) is 7.05 Å². The molecule has 1 atom stereocenters. The molecule has 11 heteroatoms. The van der Waals surface area contributed by atoms with Crippen molar-refractivity contribution in [1.82, 2.24) is 15.0 Å². The SMILES string of the molecule is CN1C(=O)C(c2cc(F)cc(-c3ccon3)c2)(c2ccnc(C(F)(F)F)c2)N=C1N. The number of pyridine rings is 1. The smallest absolute Gasteiger partial charge is 0.369 e. The summed E-state index contributed by atoms with van der Waals surface area (Å²) in [5.41, 5.74) is 2.92. The van der Waals surface area contributed by atoms with Crippen LogP contribution >= 0.6 is 0 Å². The van der Waals surface area contributed by atoms with Crippen molar-refractivity contribution in [3.8, 4) is 11.3 Å². The second kappa shape index (κ2) is 6.65. The molecule has 1 aliphatic heterocycles. The number of aliphatic imine (C=N–C) groups is 1. The highest BCUT2D eigenvalue weighted by molar-refractivity contribution is 6.09. The summed E-state index contributed by atoms with van der Waals surface area (Å²) in [5, 5.41) is 3.73. The molecule has 0 spiro atoms. The fourth-order valence-electron chi connectivity index (χ4n) is 3.30. The summed E-state index contributed by atoms with van der Waals surface area (Å²) in [5.74, 6) is -1.71. The van der Waals surface area contributed by atoms with Crippen molar-refractivity contribution in [2.45, 2.75) is 11.7 Å². The zero-order valence-corrected chi connectivity index (χ0v) is 15.3. The maximum atomic E-state index is 14.5. The van der Waals surface area contributed by atoms with Crippen LogP contribution in [0.15, 0.2) is 58.4 Å². The molecule has 1 aromatic carbocycles. The summed E-state index contributed by atoms with van der Waals surface area (Å²) >= 11 is 0. The summed E-state index contributed by atoms with van der Waals surface area (Å²) in [6, 6.07) is 6.96. The highest BCUT2D eigenvalue weighted by Crippen LogP contribution is 2.42. The number of aromatic nitrogens is 2. The van der Waals surface area contributed by atoms with Crippen molar-refractivity contribution >= 4 is 11.9 Å². The Hall–Kier alpha value is -3.76. The molecular weight excluding hydrogens is 406 g/mol. The number of carbonyl (C=O) groups is 1. The van der Waals surface area contributed by atoms with E-state index in [0.717, 1.165) is 23.2 Å². The molecule has 30 heavy (non-hydrogen) atoms. The molecule has 0 fully saturated rings. The molecule has 4 rings (SSSR count). The fourth-order valence-corrected chi connectivity index (χ4v) is 3.30. The van der Waals surface area contributed by atoms with Crippen molar-refractivity contribution in [3.05, 3.63) is 71.5 Å². The first-order valence-corrected chi connectivity index (χ1v) is 8.52. The van der Waals surface area contributed by atoms with Crippen molar-refractivity contribution in [2.24, 2.45) is 10.7 Å². The van der Waals surface area contributed by atoms with Gasteiger partial charge in [0.25, 0.3) is 5.91 Å². The molecular formula is C19H13F4N5O2. The van der Waals surface area contributed by atoms with Gasteiger partial charge < -0.3 is 10.3 Å². The number of rotatable bonds is 3. The predicted molar refractivity (Wildman–Crippen MR) is 96.3 cm³/mol. The number of halogens is 4. The average molecular weight is 419 g/mol. The monoisotopic (exact) mass is 419 g/mol. The van der Waals surface area contributed by atoms with Crippen LogP contribution < -0.4 is 5.73 Å². The lowest BCUT2D eigenvalue weighted by molar-refractivity contribution is -0.141. The van der Waals surface area contributed by atoms with Crippen LogP contribution in [-0.4, -0.2) is 34.0 Å². The number of carbonyl (C=O) groups excluding carboxylic acids is 1. The van der Waals surface area contributed by atoms with Crippen molar-refractivity contribution in [1.29, 1.82) is 0 Å². The number of nitrogens with two attached hydrogens (primary N) is 1. The van der Waals surface area contributed by atoms with Crippen molar-refractivity contribution < 1.29 is 26.9 Å². The van der Waals surface area contributed by atoms with Gasteiger partial charge in [0.05, 0.1) is 0 Å². The summed E-state index contributed by atoms with van der Waals surface area (Å²) in [7, 11) is 1.33.